The van der Waals surface area contributed by atoms with Crippen LogP contribution < -0.4 is 14.8 Å². The summed E-state index contributed by atoms with van der Waals surface area (Å²) in [5.74, 6) is 1.47. The molecule has 0 saturated carbocycles. The van der Waals surface area contributed by atoms with Gasteiger partial charge in [-0.2, -0.15) is 5.10 Å². The lowest BCUT2D eigenvalue weighted by Gasteiger charge is -2.25. The summed E-state index contributed by atoms with van der Waals surface area (Å²) in [5.41, 5.74) is 4.02. The van der Waals surface area contributed by atoms with E-state index < -0.39 is 4.92 Å². The number of carbonyl (C=O) groups is 1. The summed E-state index contributed by atoms with van der Waals surface area (Å²) in [6.07, 6.45) is 0.248. The van der Waals surface area contributed by atoms with Crippen LogP contribution in [0.4, 0.5) is 11.5 Å². The molecule has 6 rings (SSSR count). The molecule has 34 heavy (non-hydrogen) atoms. The Balaban J connectivity index is 1.55. The highest BCUT2D eigenvalue weighted by molar-refractivity contribution is 5.96. The molecule has 168 valence electrons. The largest absolute Gasteiger partial charge is 0.454 e. The van der Waals surface area contributed by atoms with Crippen molar-refractivity contribution in [1.29, 1.82) is 0 Å². The standard InChI is InChI=1S/C25H18N4O5/c30-22-13-19(16-6-11-20-21(12-16)34-14-33-20)23-24(15-4-2-1-3-5-15)27-28(25(23)26-22)17-7-9-18(10-8-17)29(31)32/h1-12,19H,13-14H2,(H,26,30). The number of nitrogens with one attached hydrogen (secondary N) is 1. The first-order valence-corrected chi connectivity index (χ1v) is 10.7. The number of hydrogen-bond acceptors (Lipinski definition) is 6. The zero-order valence-electron chi connectivity index (χ0n) is 17.8. The molecule has 2 aliphatic rings. The number of non-ortho nitro benzene ring substituents is 1. The Labute approximate surface area is 193 Å². The summed E-state index contributed by atoms with van der Waals surface area (Å²) in [5, 5.41) is 18.9. The van der Waals surface area contributed by atoms with E-state index in [0.29, 0.717) is 23.0 Å². The first-order valence-electron chi connectivity index (χ1n) is 10.7. The van der Waals surface area contributed by atoms with Crippen molar-refractivity contribution in [1.82, 2.24) is 9.78 Å². The Morgan fingerprint density at radius 2 is 1.76 bits per heavy atom. The highest BCUT2D eigenvalue weighted by atomic mass is 16.7. The number of ether oxygens (including phenoxy) is 2. The highest BCUT2D eigenvalue weighted by Gasteiger charge is 2.35. The van der Waals surface area contributed by atoms with Gasteiger partial charge in [0.15, 0.2) is 11.5 Å². The molecule has 1 amide bonds. The lowest BCUT2D eigenvalue weighted by Crippen LogP contribution is -2.24. The second-order valence-corrected chi connectivity index (χ2v) is 8.08. The normalized spacial score (nSPS) is 16.1. The first kappa shape index (κ1) is 20.0. The SMILES string of the molecule is O=C1CC(c2ccc3c(c2)OCO3)c2c(-c3ccccc3)nn(-c3ccc([N+](=O)[O-])cc3)c2N1. The summed E-state index contributed by atoms with van der Waals surface area (Å²) in [6.45, 7) is 0.169. The van der Waals surface area contributed by atoms with E-state index in [2.05, 4.69) is 5.32 Å². The molecule has 9 heteroatoms. The van der Waals surface area contributed by atoms with E-state index in [-0.39, 0.29) is 30.7 Å². The number of fused-ring (bicyclic) bond motifs is 2. The summed E-state index contributed by atoms with van der Waals surface area (Å²) < 4.78 is 12.7. The Kier molecular flexibility index (Phi) is 4.54. The maximum atomic E-state index is 12.8. The Morgan fingerprint density at radius 1 is 1.00 bits per heavy atom. The fraction of sp³-hybridized carbons (Fsp3) is 0.120. The molecule has 0 spiro atoms. The Bertz CT molecular complexity index is 1430. The molecular weight excluding hydrogens is 436 g/mol. The fourth-order valence-electron chi connectivity index (χ4n) is 4.48. The molecule has 3 heterocycles. The van der Waals surface area contributed by atoms with Crippen molar-refractivity contribution in [2.45, 2.75) is 12.3 Å². The van der Waals surface area contributed by atoms with E-state index >= 15 is 0 Å². The predicted octanol–water partition coefficient (Wildman–Crippen LogP) is 4.65. The van der Waals surface area contributed by atoms with Crippen molar-refractivity contribution < 1.29 is 19.2 Å². The van der Waals surface area contributed by atoms with Crippen LogP contribution in [0.25, 0.3) is 16.9 Å². The summed E-state index contributed by atoms with van der Waals surface area (Å²) in [6, 6.07) is 21.5. The van der Waals surface area contributed by atoms with E-state index in [1.807, 2.05) is 48.5 Å². The molecule has 0 aliphatic carbocycles. The average Bonchev–Trinajstić information content (AvgIpc) is 3.48. The van der Waals surface area contributed by atoms with Crippen LogP contribution in [-0.2, 0) is 4.79 Å². The third-order valence-corrected chi connectivity index (χ3v) is 6.07. The van der Waals surface area contributed by atoms with Crippen LogP contribution in [0.3, 0.4) is 0 Å². The molecule has 0 bridgehead atoms. The number of carbonyl (C=O) groups excluding carboxylic acids is 1. The van der Waals surface area contributed by atoms with Gasteiger partial charge in [-0.1, -0.05) is 36.4 Å². The van der Waals surface area contributed by atoms with Gasteiger partial charge >= 0.3 is 0 Å². The van der Waals surface area contributed by atoms with Crippen LogP contribution in [0.2, 0.25) is 0 Å². The first-order chi connectivity index (χ1) is 16.6. The highest BCUT2D eigenvalue weighted by Crippen LogP contribution is 2.46. The second-order valence-electron chi connectivity index (χ2n) is 8.08. The van der Waals surface area contributed by atoms with Crippen molar-refractivity contribution >= 4 is 17.4 Å². The molecule has 1 atom stereocenters. The van der Waals surface area contributed by atoms with Crippen molar-refractivity contribution in [3.05, 3.63) is 94.0 Å². The van der Waals surface area contributed by atoms with E-state index in [1.165, 1.54) is 12.1 Å². The fourth-order valence-corrected chi connectivity index (χ4v) is 4.48. The van der Waals surface area contributed by atoms with Gasteiger partial charge in [0.1, 0.15) is 5.82 Å². The van der Waals surface area contributed by atoms with Gasteiger partial charge in [-0.15, -0.1) is 0 Å². The molecule has 0 fully saturated rings. The van der Waals surface area contributed by atoms with E-state index in [1.54, 1.807) is 16.8 Å². The van der Waals surface area contributed by atoms with E-state index in [9.17, 15) is 14.9 Å². The summed E-state index contributed by atoms with van der Waals surface area (Å²) in [4.78, 5) is 23.5. The zero-order valence-corrected chi connectivity index (χ0v) is 17.8. The number of amides is 1. The maximum absolute atomic E-state index is 12.8. The van der Waals surface area contributed by atoms with Gasteiger partial charge in [0, 0.05) is 35.6 Å². The molecule has 0 radical (unpaired) electrons. The minimum atomic E-state index is -0.449. The lowest BCUT2D eigenvalue weighted by atomic mass is 9.84. The number of anilines is 1. The van der Waals surface area contributed by atoms with Gasteiger partial charge in [0.2, 0.25) is 12.7 Å². The molecule has 0 saturated heterocycles. The third kappa shape index (κ3) is 3.25. The van der Waals surface area contributed by atoms with Crippen LogP contribution in [-0.4, -0.2) is 27.4 Å². The number of benzene rings is 3. The molecule has 9 nitrogen and oxygen atoms in total. The molecule has 1 aromatic heterocycles. The topological polar surface area (TPSA) is 109 Å². The molecule has 3 aromatic carbocycles. The Hall–Kier alpha value is -4.66. The zero-order chi connectivity index (χ0) is 23.2. The molecule has 2 aliphatic heterocycles. The average molecular weight is 454 g/mol. The number of nitrogens with zero attached hydrogens (tertiary/aromatic N) is 3. The monoisotopic (exact) mass is 454 g/mol. The van der Waals surface area contributed by atoms with Crippen molar-refractivity contribution in [2.24, 2.45) is 0 Å². The van der Waals surface area contributed by atoms with Gasteiger partial charge in [-0.05, 0) is 29.8 Å². The molecule has 1 unspecified atom stereocenters. The third-order valence-electron chi connectivity index (χ3n) is 6.07. The van der Waals surface area contributed by atoms with Crippen molar-refractivity contribution in [3.63, 3.8) is 0 Å². The maximum Gasteiger partial charge on any atom is 0.269 e. The number of aromatic nitrogens is 2. The minimum Gasteiger partial charge on any atom is -0.454 e. The van der Waals surface area contributed by atoms with Crippen LogP contribution in [0, 0.1) is 10.1 Å². The van der Waals surface area contributed by atoms with E-state index in [4.69, 9.17) is 14.6 Å². The molecular formula is C25H18N4O5. The number of rotatable bonds is 4. The van der Waals surface area contributed by atoms with Crippen molar-refractivity contribution in [3.8, 4) is 28.4 Å². The second kappa shape index (κ2) is 7.73. The van der Waals surface area contributed by atoms with E-state index in [0.717, 1.165) is 22.4 Å². The lowest BCUT2D eigenvalue weighted by molar-refractivity contribution is -0.384. The van der Waals surface area contributed by atoms with Gasteiger partial charge in [-0.3, -0.25) is 14.9 Å². The molecule has 1 N–H and O–H groups in total. The Morgan fingerprint density at radius 3 is 2.53 bits per heavy atom. The number of nitro benzene ring substituents is 1. The van der Waals surface area contributed by atoms with Gasteiger partial charge in [0.25, 0.3) is 5.69 Å². The van der Waals surface area contributed by atoms with Gasteiger partial charge < -0.3 is 14.8 Å². The van der Waals surface area contributed by atoms with Gasteiger partial charge in [-0.25, -0.2) is 4.68 Å². The molecule has 4 aromatic rings. The van der Waals surface area contributed by atoms with Crippen LogP contribution >= 0.6 is 0 Å². The van der Waals surface area contributed by atoms with Crippen molar-refractivity contribution in [2.75, 3.05) is 12.1 Å². The van der Waals surface area contributed by atoms with Crippen LogP contribution in [0.5, 0.6) is 11.5 Å². The summed E-state index contributed by atoms with van der Waals surface area (Å²) in [7, 11) is 0. The summed E-state index contributed by atoms with van der Waals surface area (Å²) >= 11 is 0. The quantitative estimate of drug-likeness (QED) is 0.355. The smallest absolute Gasteiger partial charge is 0.269 e. The van der Waals surface area contributed by atoms with Gasteiger partial charge in [0.05, 0.1) is 16.3 Å². The minimum absolute atomic E-state index is 0.0182. The number of hydrogen-bond donors (Lipinski definition) is 1. The van der Waals surface area contributed by atoms with Crippen LogP contribution in [0.1, 0.15) is 23.5 Å². The number of nitro groups is 1. The predicted molar refractivity (Wildman–Crippen MR) is 123 cm³/mol. The van der Waals surface area contributed by atoms with Crippen LogP contribution in [0.15, 0.2) is 72.8 Å².